The third-order valence-electron chi connectivity index (χ3n) is 1.94. The summed E-state index contributed by atoms with van der Waals surface area (Å²) in [6, 6.07) is 5.39. The van der Waals surface area contributed by atoms with Crippen LogP contribution in [0.25, 0.3) is 5.69 Å². The van der Waals surface area contributed by atoms with Gasteiger partial charge < -0.3 is 10.3 Å². The Kier molecular flexibility index (Phi) is 3.46. The zero-order valence-electron chi connectivity index (χ0n) is 7.83. The van der Waals surface area contributed by atoms with Gasteiger partial charge in [-0.25, -0.2) is 0 Å². The normalized spacial score (nSPS) is 9.33. The lowest BCUT2D eigenvalue weighted by Crippen LogP contribution is -2.09. The molecule has 2 aromatic rings. The minimum absolute atomic E-state index is 0. The van der Waals surface area contributed by atoms with E-state index in [1.165, 1.54) is 0 Å². The molecule has 0 aliphatic heterocycles. The Balaban J connectivity index is 0.00000112. The van der Waals surface area contributed by atoms with Crippen molar-refractivity contribution in [3.05, 3.63) is 48.5 Å². The molecule has 0 aromatic carbocycles. The molecule has 0 aliphatic carbocycles. The fraction of sp³-hybridized carbons (Fsp3) is 0. The number of nitrogens with two attached hydrogens (primary N) is 1. The summed E-state index contributed by atoms with van der Waals surface area (Å²) in [5.41, 5.74) is 6.59. The molecule has 2 aromatic heterocycles. The third-order valence-corrected chi connectivity index (χ3v) is 1.94. The van der Waals surface area contributed by atoms with E-state index in [1.807, 2.05) is 16.7 Å². The number of nitrogens with zero attached hydrogens (tertiary/aromatic N) is 2. The summed E-state index contributed by atoms with van der Waals surface area (Å²) in [6.07, 6.45) is 6.87. The van der Waals surface area contributed by atoms with Crippen LogP contribution in [0.3, 0.4) is 0 Å². The van der Waals surface area contributed by atoms with Crippen molar-refractivity contribution >= 4 is 18.3 Å². The van der Waals surface area contributed by atoms with Crippen LogP contribution in [-0.4, -0.2) is 15.5 Å². The van der Waals surface area contributed by atoms with Crippen LogP contribution in [-0.2, 0) is 0 Å². The second-order valence-corrected chi connectivity index (χ2v) is 2.88. The summed E-state index contributed by atoms with van der Waals surface area (Å²) in [5.74, 6) is -0.419. The van der Waals surface area contributed by atoms with Crippen LogP contribution in [0.2, 0.25) is 0 Å². The van der Waals surface area contributed by atoms with E-state index in [4.69, 9.17) is 5.73 Å². The summed E-state index contributed by atoms with van der Waals surface area (Å²) in [7, 11) is 0. The van der Waals surface area contributed by atoms with Gasteiger partial charge in [-0.2, -0.15) is 0 Å². The van der Waals surface area contributed by atoms with Crippen LogP contribution in [0, 0.1) is 0 Å². The highest BCUT2D eigenvalue weighted by atomic mass is 35.5. The SMILES string of the molecule is Cl.NC(=O)c1ccn(-c2ccncc2)c1. The van der Waals surface area contributed by atoms with Crippen LogP contribution >= 0.6 is 12.4 Å². The van der Waals surface area contributed by atoms with Gasteiger partial charge in [0.15, 0.2) is 0 Å². The molecular weight excluding hydrogens is 214 g/mol. The molecule has 0 unspecified atom stereocenters. The van der Waals surface area contributed by atoms with Crippen LogP contribution in [0.5, 0.6) is 0 Å². The summed E-state index contributed by atoms with van der Waals surface area (Å²) in [4.78, 5) is 14.7. The lowest BCUT2D eigenvalue weighted by Gasteiger charge is -1.99. The van der Waals surface area contributed by atoms with Gasteiger partial charge in [-0.05, 0) is 18.2 Å². The quantitative estimate of drug-likeness (QED) is 0.837. The molecule has 0 bridgehead atoms. The monoisotopic (exact) mass is 223 g/mol. The largest absolute Gasteiger partial charge is 0.366 e. The Bertz CT molecular complexity index is 453. The number of aromatic nitrogens is 2. The first-order chi connectivity index (χ1) is 6.77. The van der Waals surface area contributed by atoms with Gasteiger partial charge >= 0.3 is 0 Å². The second-order valence-electron chi connectivity index (χ2n) is 2.88. The van der Waals surface area contributed by atoms with E-state index in [1.54, 1.807) is 30.9 Å². The predicted octanol–water partition coefficient (Wildman–Crippen LogP) is 1.39. The van der Waals surface area contributed by atoms with E-state index >= 15 is 0 Å². The Morgan fingerprint density at radius 1 is 1.27 bits per heavy atom. The number of carbonyl (C=O) groups excluding carboxylic acids is 1. The van der Waals surface area contributed by atoms with Gasteiger partial charge in [0.1, 0.15) is 0 Å². The van der Waals surface area contributed by atoms with Crippen molar-refractivity contribution in [2.24, 2.45) is 5.73 Å². The maximum Gasteiger partial charge on any atom is 0.250 e. The van der Waals surface area contributed by atoms with Crippen LogP contribution in [0.1, 0.15) is 10.4 Å². The zero-order chi connectivity index (χ0) is 9.97. The van der Waals surface area contributed by atoms with E-state index in [0.29, 0.717) is 5.56 Å². The van der Waals surface area contributed by atoms with Crippen molar-refractivity contribution in [3.63, 3.8) is 0 Å². The first kappa shape index (κ1) is 11.3. The van der Waals surface area contributed by atoms with Gasteiger partial charge in [0.05, 0.1) is 5.56 Å². The van der Waals surface area contributed by atoms with Crippen molar-refractivity contribution in [2.75, 3.05) is 0 Å². The topological polar surface area (TPSA) is 60.9 Å². The van der Waals surface area contributed by atoms with Crippen LogP contribution in [0.15, 0.2) is 43.0 Å². The van der Waals surface area contributed by atoms with E-state index in [2.05, 4.69) is 4.98 Å². The Morgan fingerprint density at radius 3 is 2.47 bits per heavy atom. The number of primary amides is 1. The Morgan fingerprint density at radius 2 is 1.93 bits per heavy atom. The highest BCUT2D eigenvalue weighted by molar-refractivity contribution is 5.92. The van der Waals surface area contributed by atoms with E-state index in [-0.39, 0.29) is 12.4 Å². The summed E-state index contributed by atoms with van der Waals surface area (Å²) in [6.45, 7) is 0. The van der Waals surface area contributed by atoms with Gasteiger partial charge in [-0.3, -0.25) is 9.78 Å². The minimum atomic E-state index is -0.419. The molecule has 0 saturated carbocycles. The zero-order valence-corrected chi connectivity index (χ0v) is 8.65. The fourth-order valence-electron chi connectivity index (χ4n) is 1.22. The maximum atomic E-state index is 10.8. The molecule has 0 saturated heterocycles. The minimum Gasteiger partial charge on any atom is -0.366 e. The first-order valence-corrected chi connectivity index (χ1v) is 4.15. The summed E-state index contributed by atoms with van der Waals surface area (Å²) < 4.78 is 1.82. The van der Waals surface area contributed by atoms with Crippen molar-refractivity contribution in [1.82, 2.24) is 9.55 Å². The molecule has 0 radical (unpaired) electrons. The molecule has 78 valence electrons. The molecule has 1 amide bonds. The molecular formula is C10H10ClN3O. The van der Waals surface area contributed by atoms with E-state index < -0.39 is 5.91 Å². The van der Waals surface area contributed by atoms with Crippen molar-refractivity contribution < 1.29 is 4.79 Å². The molecule has 15 heavy (non-hydrogen) atoms. The van der Waals surface area contributed by atoms with Gasteiger partial charge in [-0.1, -0.05) is 0 Å². The molecule has 0 aliphatic rings. The van der Waals surface area contributed by atoms with Gasteiger partial charge in [0, 0.05) is 30.5 Å². The lowest BCUT2D eigenvalue weighted by atomic mass is 10.3. The van der Waals surface area contributed by atoms with Gasteiger partial charge in [0.25, 0.3) is 0 Å². The number of rotatable bonds is 2. The average molecular weight is 224 g/mol. The molecule has 5 heteroatoms. The molecule has 2 heterocycles. The predicted molar refractivity (Wildman–Crippen MR) is 59.3 cm³/mol. The molecule has 0 atom stereocenters. The first-order valence-electron chi connectivity index (χ1n) is 4.15. The molecule has 2 N–H and O–H groups in total. The number of amides is 1. The van der Waals surface area contributed by atoms with Gasteiger partial charge in [-0.15, -0.1) is 12.4 Å². The number of pyridine rings is 1. The fourth-order valence-corrected chi connectivity index (χ4v) is 1.22. The highest BCUT2D eigenvalue weighted by Gasteiger charge is 2.02. The molecule has 2 rings (SSSR count). The Hall–Kier alpha value is -1.81. The van der Waals surface area contributed by atoms with Crippen molar-refractivity contribution in [1.29, 1.82) is 0 Å². The molecule has 0 spiro atoms. The number of halogens is 1. The Labute approximate surface area is 93.1 Å². The second kappa shape index (κ2) is 4.61. The molecule has 0 fully saturated rings. The summed E-state index contributed by atoms with van der Waals surface area (Å²) >= 11 is 0. The smallest absolute Gasteiger partial charge is 0.250 e. The van der Waals surface area contributed by atoms with E-state index in [0.717, 1.165) is 5.69 Å². The van der Waals surface area contributed by atoms with E-state index in [9.17, 15) is 4.79 Å². The van der Waals surface area contributed by atoms with Gasteiger partial charge in [0.2, 0.25) is 5.91 Å². The van der Waals surface area contributed by atoms with Crippen molar-refractivity contribution in [2.45, 2.75) is 0 Å². The lowest BCUT2D eigenvalue weighted by molar-refractivity contribution is 0.100. The number of hydrogen-bond donors (Lipinski definition) is 1. The summed E-state index contributed by atoms with van der Waals surface area (Å²) in [5, 5.41) is 0. The standard InChI is InChI=1S/C10H9N3O.ClH/c11-10(14)8-3-6-13(7-8)9-1-4-12-5-2-9;/h1-7H,(H2,11,14);1H. The van der Waals surface area contributed by atoms with Crippen LogP contribution < -0.4 is 5.73 Å². The number of carbonyl (C=O) groups is 1. The highest BCUT2D eigenvalue weighted by Crippen LogP contribution is 2.08. The van der Waals surface area contributed by atoms with Crippen molar-refractivity contribution in [3.8, 4) is 5.69 Å². The number of hydrogen-bond acceptors (Lipinski definition) is 2. The maximum absolute atomic E-state index is 10.8. The molecule has 4 nitrogen and oxygen atoms in total. The third kappa shape index (κ3) is 2.35. The average Bonchev–Trinajstić information content (AvgIpc) is 2.68. The van der Waals surface area contributed by atoms with Crippen LogP contribution in [0.4, 0.5) is 0 Å².